The minimum absolute atomic E-state index is 0.00826. The van der Waals surface area contributed by atoms with Gasteiger partial charge in [-0.2, -0.15) is 5.10 Å². The van der Waals surface area contributed by atoms with E-state index in [2.05, 4.69) is 15.4 Å². The van der Waals surface area contributed by atoms with Crippen LogP contribution in [0.25, 0.3) is 16.7 Å². The molecule has 3 heterocycles. The molecule has 1 fully saturated rings. The Kier molecular flexibility index (Phi) is 4.16. The molecule has 0 bridgehead atoms. The molecule has 0 spiro atoms. The van der Waals surface area contributed by atoms with Crippen molar-refractivity contribution in [2.45, 2.75) is 19.4 Å². The number of carbonyl (C=O) groups is 1. The Morgan fingerprint density at radius 3 is 2.77 bits per heavy atom. The fourth-order valence-corrected chi connectivity index (χ4v) is 3.39. The predicted molar refractivity (Wildman–Crippen MR) is 96.9 cm³/mol. The molecule has 1 N–H and O–H groups in total. The quantitative estimate of drug-likeness (QED) is 0.785. The summed E-state index contributed by atoms with van der Waals surface area (Å²) < 4.78 is 14.8. The number of hydrogen-bond donors (Lipinski definition) is 1. The average molecular weight is 353 g/mol. The molecule has 1 atom stereocenters. The van der Waals surface area contributed by atoms with Crippen molar-refractivity contribution in [1.29, 1.82) is 0 Å². The molecule has 134 valence electrons. The normalized spacial score (nSPS) is 17.2. The zero-order valence-corrected chi connectivity index (χ0v) is 14.7. The minimum atomic E-state index is -0.298. The SMILES string of the molecule is CN[C@H]1CCN(C(=O)c2cnc3c(c2)c(C)nn3-c2ccc(F)cc2)C1. The van der Waals surface area contributed by atoms with E-state index in [1.807, 2.05) is 24.9 Å². The number of carbonyl (C=O) groups excluding carboxylic acids is 1. The van der Waals surface area contributed by atoms with Crippen LogP contribution in [0, 0.1) is 12.7 Å². The summed E-state index contributed by atoms with van der Waals surface area (Å²) in [6, 6.07) is 8.29. The summed E-state index contributed by atoms with van der Waals surface area (Å²) in [6.07, 6.45) is 2.55. The van der Waals surface area contributed by atoms with E-state index >= 15 is 0 Å². The van der Waals surface area contributed by atoms with Gasteiger partial charge in [-0.25, -0.2) is 14.1 Å². The molecule has 6 nitrogen and oxygen atoms in total. The van der Waals surface area contributed by atoms with Gasteiger partial charge in [-0.15, -0.1) is 0 Å². The molecule has 1 saturated heterocycles. The van der Waals surface area contributed by atoms with Gasteiger partial charge in [0.2, 0.25) is 0 Å². The monoisotopic (exact) mass is 353 g/mol. The standard InChI is InChI=1S/C19H20FN5O/c1-12-17-9-13(19(26)24-8-7-15(11-24)21-2)10-22-18(17)25(23-12)16-5-3-14(20)4-6-16/h3-6,9-10,15,21H,7-8,11H2,1-2H3/t15-/m0/s1. The van der Waals surface area contributed by atoms with E-state index in [-0.39, 0.29) is 11.7 Å². The molecule has 1 aromatic carbocycles. The molecule has 0 unspecified atom stereocenters. The van der Waals surface area contributed by atoms with E-state index in [9.17, 15) is 9.18 Å². The highest BCUT2D eigenvalue weighted by molar-refractivity contribution is 5.97. The Bertz CT molecular complexity index is 966. The van der Waals surface area contributed by atoms with Gasteiger partial charge in [-0.1, -0.05) is 0 Å². The van der Waals surface area contributed by atoms with Crippen LogP contribution >= 0.6 is 0 Å². The van der Waals surface area contributed by atoms with Crippen LogP contribution in [0.5, 0.6) is 0 Å². The van der Waals surface area contributed by atoms with Crippen LogP contribution in [0.1, 0.15) is 22.5 Å². The summed E-state index contributed by atoms with van der Waals surface area (Å²) in [5.41, 5.74) is 2.73. The van der Waals surface area contributed by atoms with Gasteiger partial charge >= 0.3 is 0 Å². The van der Waals surface area contributed by atoms with Gasteiger partial charge in [-0.05, 0) is 50.7 Å². The molecule has 0 saturated carbocycles. The van der Waals surface area contributed by atoms with Crippen molar-refractivity contribution in [3.8, 4) is 5.69 Å². The third-order valence-electron chi connectivity index (χ3n) is 4.91. The van der Waals surface area contributed by atoms with Crippen molar-refractivity contribution in [2.75, 3.05) is 20.1 Å². The maximum Gasteiger partial charge on any atom is 0.255 e. The number of fused-ring (bicyclic) bond motifs is 1. The van der Waals surface area contributed by atoms with E-state index < -0.39 is 0 Å². The molecule has 1 aliphatic rings. The van der Waals surface area contributed by atoms with Gasteiger partial charge in [-0.3, -0.25) is 4.79 Å². The van der Waals surface area contributed by atoms with Crippen LogP contribution in [-0.2, 0) is 0 Å². The number of nitrogens with zero attached hydrogens (tertiary/aromatic N) is 4. The Hall–Kier alpha value is -2.80. The zero-order chi connectivity index (χ0) is 18.3. The average Bonchev–Trinajstić information content (AvgIpc) is 3.27. The first-order valence-electron chi connectivity index (χ1n) is 8.64. The van der Waals surface area contributed by atoms with E-state index in [1.54, 1.807) is 23.0 Å². The summed E-state index contributed by atoms with van der Waals surface area (Å²) in [5, 5.41) is 8.55. The van der Waals surface area contributed by atoms with Crippen molar-refractivity contribution in [3.05, 3.63) is 53.6 Å². The molecule has 0 aliphatic carbocycles. The van der Waals surface area contributed by atoms with Gasteiger partial charge in [0.05, 0.1) is 16.9 Å². The molecule has 0 radical (unpaired) electrons. The molecule has 3 aromatic rings. The molecular formula is C19H20FN5O. The lowest BCUT2D eigenvalue weighted by Crippen LogP contribution is -2.33. The molecule has 2 aromatic heterocycles. The molecule has 26 heavy (non-hydrogen) atoms. The van der Waals surface area contributed by atoms with Gasteiger partial charge in [0.25, 0.3) is 5.91 Å². The summed E-state index contributed by atoms with van der Waals surface area (Å²) in [7, 11) is 1.92. The van der Waals surface area contributed by atoms with Crippen molar-refractivity contribution in [2.24, 2.45) is 0 Å². The number of aryl methyl sites for hydroxylation is 1. The highest BCUT2D eigenvalue weighted by atomic mass is 19.1. The number of aromatic nitrogens is 3. The Labute approximate surface area is 150 Å². The van der Waals surface area contributed by atoms with E-state index in [0.29, 0.717) is 23.8 Å². The number of halogens is 1. The topological polar surface area (TPSA) is 63.1 Å². The number of hydrogen-bond acceptors (Lipinski definition) is 4. The molecule has 1 aliphatic heterocycles. The fourth-order valence-electron chi connectivity index (χ4n) is 3.39. The molecule has 4 rings (SSSR count). The molecular weight excluding hydrogens is 333 g/mol. The van der Waals surface area contributed by atoms with Crippen LogP contribution in [0.4, 0.5) is 4.39 Å². The van der Waals surface area contributed by atoms with Gasteiger partial charge in [0.1, 0.15) is 5.82 Å². The van der Waals surface area contributed by atoms with Crippen molar-refractivity contribution in [1.82, 2.24) is 25.0 Å². The number of amides is 1. The number of benzene rings is 1. The number of nitrogens with one attached hydrogen (secondary N) is 1. The highest BCUT2D eigenvalue weighted by Gasteiger charge is 2.26. The third-order valence-corrected chi connectivity index (χ3v) is 4.91. The number of rotatable bonds is 3. The summed E-state index contributed by atoms with van der Waals surface area (Å²) >= 11 is 0. The summed E-state index contributed by atoms with van der Waals surface area (Å²) in [5.74, 6) is -0.306. The Balaban J connectivity index is 1.69. The van der Waals surface area contributed by atoms with Crippen LogP contribution in [0.2, 0.25) is 0 Å². The van der Waals surface area contributed by atoms with E-state index in [1.165, 1.54) is 12.1 Å². The van der Waals surface area contributed by atoms with Crippen LogP contribution in [0.15, 0.2) is 36.5 Å². The molecule has 1 amide bonds. The van der Waals surface area contributed by atoms with Crippen LogP contribution in [-0.4, -0.2) is 51.8 Å². The fraction of sp³-hybridized carbons (Fsp3) is 0.316. The summed E-state index contributed by atoms with van der Waals surface area (Å²) in [4.78, 5) is 19.1. The predicted octanol–water partition coefficient (Wildman–Crippen LogP) is 2.30. The Morgan fingerprint density at radius 1 is 1.31 bits per heavy atom. The maximum absolute atomic E-state index is 13.2. The highest BCUT2D eigenvalue weighted by Crippen LogP contribution is 2.22. The minimum Gasteiger partial charge on any atom is -0.337 e. The lowest BCUT2D eigenvalue weighted by molar-refractivity contribution is 0.0789. The first kappa shape index (κ1) is 16.7. The zero-order valence-electron chi connectivity index (χ0n) is 14.7. The second-order valence-electron chi connectivity index (χ2n) is 6.59. The molecule has 7 heteroatoms. The van der Waals surface area contributed by atoms with E-state index in [0.717, 1.165) is 29.7 Å². The first-order chi connectivity index (χ1) is 12.6. The van der Waals surface area contributed by atoms with Crippen LogP contribution < -0.4 is 5.32 Å². The second kappa shape index (κ2) is 6.49. The van der Waals surface area contributed by atoms with Crippen molar-refractivity contribution in [3.63, 3.8) is 0 Å². The van der Waals surface area contributed by atoms with Crippen molar-refractivity contribution < 1.29 is 9.18 Å². The smallest absolute Gasteiger partial charge is 0.255 e. The number of likely N-dealkylation sites (N-methyl/N-ethyl adjacent to an activating group) is 1. The number of pyridine rings is 1. The lowest BCUT2D eigenvalue weighted by Gasteiger charge is -2.16. The van der Waals surface area contributed by atoms with Gasteiger partial charge in [0, 0.05) is 30.7 Å². The van der Waals surface area contributed by atoms with Gasteiger partial charge < -0.3 is 10.2 Å². The third kappa shape index (κ3) is 2.84. The summed E-state index contributed by atoms with van der Waals surface area (Å²) in [6.45, 7) is 3.34. The van der Waals surface area contributed by atoms with E-state index in [4.69, 9.17) is 0 Å². The first-order valence-corrected chi connectivity index (χ1v) is 8.64. The number of likely N-dealkylation sites (tertiary alicyclic amines) is 1. The second-order valence-corrected chi connectivity index (χ2v) is 6.59. The lowest BCUT2D eigenvalue weighted by atomic mass is 10.2. The largest absolute Gasteiger partial charge is 0.337 e. The van der Waals surface area contributed by atoms with Gasteiger partial charge in [0.15, 0.2) is 5.65 Å². The van der Waals surface area contributed by atoms with Crippen LogP contribution in [0.3, 0.4) is 0 Å². The maximum atomic E-state index is 13.2. The van der Waals surface area contributed by atoms with Crippen molar-refractivity contribution >= 4 is 16.9 Å². The Morgan fingerprint density at radius 2 is 2.08 bits per heavy atom.